The second kappa shape index (κ2) is 6.19. The van der Waals surface area contributed by atoms with Crippen LogP contribution in [-0.2, 0) is 0 Å². The molecule has 2 aromatic rings. The van der Waals surface area contributed by atoms with Gasteiger partial charge < -0.3 is 9.88 Å². The summed E-state index contributed by atoms with van der Waals surface area (Å²) in [4.78, 5) is 32.7. The molecule has 2 heterocycles. The van der Waals surface area contributed by atoms with Crippen LogP contribution in [0, 0.1) is 0 Å². The van der Waals surface area contributed by atoms with Gasteiger partial charge in [0.2, 0.25) is 0 Å². The van der Waals surface area contributed by atoms with Crippen LogP contribution in [0.2, 0.25) is 4.34 Å². The standard InChI is InChI=1S/C13H14ClN3O2S/c1-3-17(4-2)12(18)9-7-8(15-13(19)16-9)10-5-6-11(14)20-10/h5-7H,3-4H2,1-2H3,(H,15,16,19). The normalized spacial score (nSPS) is 10.6. The summed E-state index contributed by atoms with van der Waals surface area (Å²) in [6.07, 6.45) is 0. The molecular formula is C13H14ClN3O2S. The SMILES string of the molecule is CCN(CC)C(=O)c1cc(-c2ccc(Cl)s2)[nH]c(=O)n1. The van der Waals surface area contributed by atoms with Crippen LogP contribution in [0.1, 0.15) is 24.3 Å². The lowest BCUT2D eigenvalue weighted by molar-refractivity contribution is 0.0766. The first kappa shape index (κ1) is 14.7. The Kier molecular flexibility index (Phi) is 4.57. The highest BCUT2D eigenvalue weighted by molar-refractivity contribution is 7.19. The predicted octanol–water partition coefficient (Wildman–Crippen LogP) is 2.63. The minimum atomic E-state index is -0.539. The summed E-state index contributed by atoms with van der Waals surface area (Å²) in [7, 11) is 0. The molecule has 0 aliphatic rings. The minimum Gasteiger partial charge on any atom is -0.338 e. The first-order valence-electron chi connectivity index (χ1n) is 6.21. The topological polar surface area (TPSA) is 66.1 Å². The number of nitrogens with zero attached hydrogens (tertiary/aromatic N) is 2. The Morgan fingerprint density at radius 3 is 2.65 bits per heavy atom. The number of carbonyl (C=O) groups excluding carboxylic acids is 1. The van der Waals surface area contributed by atoms with Crippen molar-refractivity contribution in [3.63, 3.8) is 0 Å². The van der Waals surface area contributed by atoms with Gasteiger partial charge in [0, 0.05) is 13.1 Å². The molecule has 0 bridgehead atoms. The molecule has 0 atom stereocenters. The van der Waals surface area contributed by atoms with E-state index < -0.39 is 5.69 Å². The highest BCUT2D eigenvalue weighted by atomic mass is 35.5. The molecule has 7 heteroatoms. The molecule has 0 radical (unpaired) electrons. The van der Waals surface area contributed by atoms with E-state index in [-0.39, 0.29) is 11.6 Å². The molecule has 0 spiro atoms. The number of rotatable bonds is 4. The molecule has 0 saturated carbocycles. The van der Waals surface area contributed by atoms with Crippen molar-refractivity contribution in [3.8, 4) is 10.6 Å². The zero-order valence-electron chi connectivity index (χ0n) is 11.1. The number of aromatic amines is 1. The van der Waals surface area contributed by atoms with E-state index in [4.69, 9.17) is 11.6 Å². The summed E-state index contributed by atoms with van der Waals surface area (Å²) in [5.74, 6) is -0.245. The minimum absolute atomic E-state index is 0.150. The van der Waals surface area contributed by atoms with Crippen molar-refractivity contribution in [2.24, 2.45) is 0 Å². The van der Waals surface area contributed by atoms with Gasteiger partial charge in [-0.05, 0) is 32.0 Å². The van der Waals surface area contributed by atoms with E-state index in [1.165, 1.54) is 11.3 Å². The Balaban J connectivity index is 2.44. The van der Waals surface area contributed by atoms with Crippen molar-refractivity contribution in [1.29, 1.82) is 0 Å². The summed E-state index contributed by atoms with van der Waals surface area (Å²) >= 11 is 7.22. The Morgan fingerprint density at radius 2 is 2.10 bits per heavy atom. The third-order valence-electron chi connectivity index (χ3n) is 2.85. The number of H-pyrrole nitrogens is 1. The van der Waals surface area contributed by atoms with Crippen LogP contribution in [-0.4, -0.2) is 33.9 Å². The number of amides is 1. The van der Waals surface area contributed by atoms with Crippen molar-refractivity contribution >= 4 is 28.8 Å². The molecule has 0 aliphatic heterocycles. The van der Waals surface area contributed by atoms with Crippen molar-refractivity contribution < 1.29 is 4.79 Å². The molecule has 2 rings (SSSR count). The van der Waals surface area contributed by atoms with Gasteiger partial charge in [-0.15, -0.1) is 11.3 Å². The van der Waals surface area contributed by atoms with Gasteiger partial charge in [-0.2, -0.15) is 4.98 Å². The Hall–Kier alpha value is -1.66. The van der Waals surface area contributed by atoms with E-state index in [0.717, 1.165) is 4.88 Å². The van der Waals surface area contributed by atoms with Gasteiger partial charge in [-0.25, -0.2) is 4.79 Å². The molecule has 0 fully saturated rings. The lowest BCUT2D eigenvalue weighted by Crippen LogP contribution is -2.32. The summed E-state index contributed by atoms with van der Waals surface area (Å²) in [6, 6.07) is 5.13. The van der Waals surface area contributed by atoms with Crippen LogP contribution in [0.3, 0.4) is 0 Å². The number of hydrogen-bond donors (Lipinski definition) is 1. The fraction of sp³-hybridized carbons (Fsp3) is 0.308. The zero-order valence-corrected chi connectivity index (χ0v) is 12.7. The number of hydrogen-bond acceptors (Lipinski definition) is 4. The highest BCUT2D eigenvalue weighted by Crippen LogP contribution is 2.29. The molecular weight excluding hydrogens is 298 g/mol. The average Bonchev–Trinajstić information content (AvgIpc) is 2.86. The van der Waals surface area contributed by atoms with Gasteiger partial charge in [-0.3, -0.25) is 4.79 Å². The predicted molar refractivity (Wildman–Crippen MR) is 80.4 cm³/mol. The van der Waals surface area contributed by atoms with E-state index in [1.54, 1.807) is 23.1 Å². The summed E-state index contributed by atoms with van der Waals surface area (Å²) < 4.78 is 0.620. The lowest BCUT2D eigenvalue weighted by atomic mass is 10.2. The highest BCUT2D eigenvalue weighted by Gasteiger charge is 2.16. The van der Waals surface area contributed by atoms with Crippen LogP contribution in [0.4, 0.5) is 0 Å². The van der Waals surface area contributed by atoms with E-state index in [9.17, 15) is 9.59 Å². The first-order chi connectivity index (χ1) is 9.55. The Bertz CT molecular complexity index is 676. The second-order valence-corrected chi connectivity index (χ2v) is 5.78. The van der Waals surface area contributed by atoms with Crippen molar-refractivity contribution in [2.45, 2.75) is 13.8 Å². The second-order valence-electron chi connectivity index (χ2n) is 4.07. The van der Waals surface area contributed by atoms with Crippen molar-refractivity contribution in [1.82, 2.24) is 14.9 Å². The Morgan fingerprint density at radius 1 is 1.40 bits per heavy atom. The molecule has 0 unspecified atom stereocenters. The molecule has 1 N–H and O–H groups in total. The van der Waals surface area contributed by atoms with Crippen molar-refractivity contribution in [2.75, 3.05) is 13.1 Å². The van der Waals surface area contributed by atoms with Crippen LogP contribution in [0.15, 0.2) is 23.0 Å². The third kappa shape index (κ3) is 3.08. The van der Waals surface area contributed by atoms with E-state index in [2.05, 4.69) is 9.97 Å². The number of carbonyl (C=O) groups is 1. The summed E-state index contributed by atoms with van der Waals surface area (Å²) in [6.45, 7) is 4.91. The molecule has 2 aromatic heterocycles. The molecule has 1 amide bonds. The molecule has 0 aromatic carbocycles. The first-order valence-corrected chi connectivity index (χ1v) is 7.41. The quantitative estimate of drug-likeness (QED) is 0.944. The van der Waals surface area contributed by atoms with Crippen molar-refractivity contribution in [3.05, 3.63) is 38.7 Å². The molecule has 0 aliphatic carbocycles. The average molecular weight is 312 g/mol. The zero-order chi connectivity index (χ0) is 14.7. The Labute approximate surface area is 125 Å². The maximum Gasteiger partial charge on any atom is 0.346 e. The lowest BCUT2D eigenvalue weighted by Gasteiger charge is -2.17. The van der Waals surface area contributed by atoms with Crippen LogP contribution in [0.5, 0.6) is 0 Å². The number of halogens is 1. The molecule has 20 heavy (non-hydrogen) atoms. The van der Waals surface area contributed by atoms with E-state index in [1.807, 2.05) is 13.8 Å². The van der Waals surface area contributed by atoms with Gasteiger partial charge in [0.15, 0.2) is 0 Å². The van der Waals surface area contributed by atoms with Gasteiger partial charge in [0.1, 0.15) is 5.69 Å². The van der Waals surface area contributed by atoms with E-state index >= 15 is 0 Å². The molecule has 5 nitrogen and oxygen atoms in total. The van der Waals surface area contributed by atoms with Gasteiger partial charge >= 0.3 is 5.69 Å². The van der Waals surface area contributed by atoms with E-state index in [0.29, 0.717) is 23.1 Å². The fourth-order valence-electron chi connectivity index (χ4n) is 1.83. The van der Waals surface area contributed by atoms with Crippen LogP contribution >= 0.6 is 22.9 Å². The van der Waals surface area contributed by atoms with Gasteiger partial charge in [-0.1, -0.05) is 11.6 Å². The largest absolute Gasteiger partial charge is 0.346 e. The number of aromatic nitrogens is 2. The third-order valence-corrected chi connectivity index (χ3v) is 4.12. The molecule has 106 valence electrons. The van der Waals surface area contributed by atoms with Crippen LogP contribution in [0.25, 0.3) is 10.6 Å². The summed E-state index contributed by atoms with van der Waals surface area (Å²) in [5, 5.41) is 0. The monoisotopic (exact) mass is 311 g/mol. The van der Waals surface area contributed by atoms with Gasteiger partial charge in [0.25, 0.3) is 5.91 Å². The van der Waals surface area contributed by atoms with Crippen LogP contribution < -0.4 is 5.69 Å². The number of nitrogens with one attached hydrogen (secondary N) is 1. The van der Waals surface area contributed by atoms with Gasteiger partial charge in [0.05, 0.1) is 14.9 Å². The summed E-state index contributed by atoms with van der Waals surface area (Å²) in [5.41, 5.74) is 0.164. The smallest absolute Gasteiger partial charge is 0.338 e. The number of thiophene rings is 1. The maximum atomic E-state index is 12.2. The molecule has 0 saturated heterocycles. The fourth-order valence-corrected chi connectivity index (χ4v) is 2.85. The maximum absolute atomic E-state index is 12.2.